The topological polar surface area (TPSA) is 3.24 Å². The van der Waals surface area contributed by atoms with Crippen LogP contribution in [0.2, 0.25) is 0 Å². The highest BCUT2D eigenvalue weighted by Crippen LogP contribution is 2.05. The molecule has 0 rings (SSSR count). The van der Waals surface area contributed by atoms with Gasteiger partial charge in [-0.2, -0.15) is 0 Å². The van der Waals surface area contributed by atoms with E-state index in [1.807, 2.05) is 0 Å². The lowest BCUT2D eigenvalue weighted by Gasteiger charge is -2.34. The molecule has 1 unspecified atom stereocenters. The summed E-state index contributed by atoms with van der Waals surface area (Å²) in [5.41, 5.74) is 0. The van der Waals surface area contributed by atoms with Crippen LogP contribution in [0.3, 0.4) is 0 Å². The van der Waals surface area contributed by atoms with Gasteiger partial charge < -0.3 is 4.48 Å². The Kier molecular flexibility index (Phi) is 6.38. The second-order valence-corrected chi connectivity index (χ2v) is 5.12. The second-order valence-electron chi connectivity index (χ2n) is 5.12. The molecule has 0 aromatic carbocycles. The third kappa shape index (κ3) is 5.61. The second kappa shape index (κ2) is 6.41. The zero-order valence-corrected chi connectivity index (χ0v) is 11.0. The maximum absolute atomic E-state index is 2.49. The Hall–Kier alpha value is -0.0800. The van der Waals surface area contributed by atoms with Crippen LogP contribution in [-0.2, 0) is 0 Å². The van der Waals surface area contributed by atoms with Crippen molar-refractivity contribution in [3.63, 3.8) is 0 Å². The van der Waals surface area contributed by atoms with E-state index in [4.69, 9.17) is 0 Å². The molecule has 14 heavy (non-hydrogen) atoms. The van der Waals surface area contributed by atoms with Crippen LogP contribution in [0.1, 0.15) is 33.6 Å². The zero-order valence-electron chi connectivity index (χ0n) is 11.0. The summed E-state index contributed by atoms with van der Waals surface area (Å²) < 4.78 is 1.12. The molecule has 1 atom stereocenters. The molecule has 0 saturated heterocycles. The Morgan fingerprint density at radius 3 is 2.21 bits per heavy atom. The average molecular weight is 201 g/mol. The van der Waals surface area contributed by atoms with E-state index in [2.05, 4.69) is 46.8 Å². The molecule has 0 aliphatic heterocycles. The highest BCUT2D eigenvalue weighted by molar-refractivity contribution is 4.62. The minimum Gasteiger partial charge on any atom is -0.327 e. The highest BCUT2D eigenvalue weighted by Gasteiger charge is 2.19. The van der Waals surface area contributed by atoms with Gasteiger partial charge in [0.2, 0.25) is 0 Å². The molecular weight excluding hydrogens is 172 g/mol. The number of likely N-dealkylation sites (N-methyl/N-ethyl adjacent to an activating group) is 2. The Morgan fingerprint density at radius 1 is 1.21 bits per heavy atom. The van der Waals surface area contributed by atoms with Crippen molar-refractivity contribution < 1.29 is 4.48 Å². The summed E-state index contributed by atoms with van der Waals surface area (Å²) in [5, 5.41) is 0. The van der Waals surface area contributed by atoms with Gasteiger partial charge in [-0.25, -0.2) is 0 Å². The van der Waals surface area contributed by atoms with E-state index in [0.29, 0.717) is 6.04 Å². The van der Waals surface area contributed by atoms with Gasteiger partial charge in [0.25, 0.3) is 0 Å². The Bertz CT molecular complexity index is 143. The summed E-state index contributed by atoms with van der Waals surface area (Å²) in [7, 11) is 6.87. The molecular formula is C12H29N2+. The van der Waals surface area contributed by atoms with Crippen LogP contribution < -0.4 is 0 Å². The molecule has 0 N–H and O–H groups in total. The molecule has 0 heterocycles. The van der Waals surface area contributed by atoms with Gasteiger partial charge in [-0.3, -0.25) is 4.90 Å². The van der Waals surface area contributed by atoms with Crippen LogP contribution in [0, 0.1) is 0 Å². The third-order valence-corrected chi connectivity index (χ3v) is 3.23. The van der Waals surface area contributed by atoms with Gasteiger partial charge in [0.05, 0.1) is 33.2 Å². The van der Waals surface area contributed by atoms with Crippen molar-refractivity contribution in [3.05, 3.63) is 0 Å². The third-order valence-electron chi connectivity index (χ3n) is 3.23. The number of unbranched alkanes of at least 4 members (excludes halogenated alkanes) is 1. The molecule has 0 aromatic heterocycles. The first-order chi connectivity index (χ1) is 6.43. The van der Waals surface area contributed by atoms with E-state index >= 15 is 0 Å². The summed E-state index contributed by atoms with van der Waals surface area (Å²) >= 11 is 0. The summed E-state index contributed by atoms with van der Waals surface area (Å²) in [5.74, 6) is 0. The lowest BCUT2D eigenvalue weighted by Crippen LogP contribution is -2.49. The fourth-order valence-corrected chi connectivity index (χ4v) is 1.61. The van der Waals surface area contributed by atoms with Crippen LogP contribution in [-0.4, -0.2) is 56.2 Å². The fraction of sp³-hybridized carbons (Fsp3) is 1.00. The van der Waals surface area contributed by atoms with Crippen molar-refractivity contribution in [2.45, 2.75) is 39.7 Å². The Balaban J connectivity index is 3.87. The molecule has 2 nitrogen and oxygen atoms in total. The maximum atomic E-state index is 2.49. The van der Waals surface area contributed by atoms with Gasteiger partial charge in [0, 0.05) is 0 Å². The average Bonchev–Trinajstić information content (AvgIpc) is 2.13. The predicted molar refractivity (Wildman–Crippen MR) is 64.5 cm³/mol. The van der Waals surface area contributed by atoms with Crippen LogP contribution >= 0.6 is 0 Å². The highest BCUT2D eigenvalue weighted by atomic mass is 15.3. The normalized spacial score (nSPS) is 14.8. The number of quaternary nitrogens is 1. The van der Waals surface area contributed by atoms with E-state index in [1.165, 1.54) is 32.5 Å². The van der Waals surface area contributed by atoms with Crippen molar-refractivity contribution in [2.75, 3.05) is 40.8 Å². The monoisotopic (exact) mass is 201 g/mol. The molecule has 0 amide bonds. The van der Waals surface area contributed by atoms with Crippen molar-refractivity contribution in [1.82, 2.24) is 4.90 Å². The van der Waals surface area contributed by atoms with Crippen LogP contribution in [0.15, 0.2) is 0 Å². The van der Waals surface area contributed by atoms with Crippen LogP contribution in [0.25, 0.3) is 0 Å². The molecule has 2 heteroatoms. The van der Waals surface area contributed by atoms with Crippen molar-refractivity contribution >= 4 is 0 Å². The molecule has 86 valence electrons. The van der Waals surface area contributed by atoms with Gasteiger partial charge in [-0.05, 0) is 33.9 Å². The lowest BCUT2D eigenvalue weighted by molar-refractivity contribution is -0.890. The lowest BCUT2D eigenvalue weighted by atomic mass is 10.2. The van der Waals surface area contributed by atoms with E-state index in [0.717, 1.165) is 4.48 Å². The van der Waals surface area contributed by atoms with E-state index in [9.17, 15) is 0 Å². The van der Waals surface area contributed by atoms with Crippen LogP contribution in [0.5, 0.6) is 0 Å². The molecule has 0 radical (unpaired) electrons. The van der Waals surface area contributed by atoms with Gasteiger partial charge in [-0.15, -0.1) is 0 Å². The molecule has 0 aromatic rings. The largest absolute Gasteiger partial charge is 0.327 e. The fourth-order valence-electron chi connectivity index (χ4n) is 1.61. The number of hydrogen-bond donors (Lipinski definition) is 0. The van der Waals surface area contributed by atoms with Crippen molar-refractivity contribution in [2.24, 2.45) is 0 Å². The first-order valence-electron chi connectivity index (χ1n) is 5.95. The molecule has 0 spiro atoms. The Labute approximate surface area is 90.5 Å². The van der Waals surface area contributed by atoms with E-state index in [1.54, 1.807) is 0 Å². The standard InChI is InChI=1S/C12H29N2/c1-7-9-10-13(4)12(3)11-14(5,6)8-2/h12H,7-11H2,1-6H3/q+1. The summed E-state index contributed by atoms with van der Waals surface area (Å²) in [6.45, 7) is 10.6. The number of rotatable bonds is 7. The quantitative estimate of drug-likeness (QED) is 0.571. The maximum Gasteiger partial charge on any atom is 0.0937 e. The summed E-state index contributed by atoms with van der Waals surface area (Å²) in [4.78, 5) is 2.49. The molecule has 0 fully saturated rings. The first kappa shape index (κ1) is 13.9. The SMILES string of the molecule is CCCCN(C)C(C)C[N+](C)(C)CC. The van der Waals surface area contributed by atoms with Crippen molar-refractivity contribution in [1.29, 1.82) is 0 Å². The summed E-state index contributed by atoms with van der Waals surface area (Å²) in [6.07, 6.45) is 2.61. The number of hydrogen-bond acceptors (Lipinski definition) is 1. The van der Waals surface area contributed by atoms with Crippen molar-refractivity contribution in [3.8, 4) is 0 Å². The van der Waals surface area contributed by atoms with Crippen LogP contribution in [0.4, 0.5) is 0 Å². The van der Waals surface area contributed by atoms with Gasteiger partial charge in [-0.1, -0.05) is 13.3 Å². The van der Waals surface area contributed by atoms with E-state index in [-0.39, 0.29) is 0 Å². The molecule has 0 aliphatic carbocycles. The van der Waals surface area contributed by atoms with Gasteiger partial charge in [0.15, 0.2) is 0 Å². The Morgan fingerprint density at radius 2 is 1.79 bits per heavy atom. The van der Waals surface area contributed by atoms with Gasteiger partial charge in [0.1, 0.15) is 0 Å². The minimum absolute atomic E-state index is 0.691. The predicted octanol–water partition coefficient (Wildman–Crippen LogP) is 2.20. The smallest absolute Gasteiger partial charge is 0.0937 e. The van der Waals surface area contributed by atoms with E-state index < -0.39 is 0 Å². The molecule has 0 aliphatic rings. The minimum atomic E-state index is 0.691. The zero-order chi connectivity index (χ0) is 11.2. The molecule has 0 saturated carbocycles. The molecule has 0 bridgehead atoms. The summed E-state index contributed by atoms with van der Waals surface area (Å²) in [6, 6.07) is 0.691. The number of nitrogens with zero attached hydrogens (tertiary/aromatic N) is 2. The first-order valence-corrected chi connectivity index (χ1v) is 5.95. The van der Waals surface area contributed by atoms with Gasteiger partial charge >= 0.3 is 0 Å².